The summed E-state index contributed by atoms with van der Waals surface area (Å²) in [5.41, 5.74) is 0. The monoisotopic (exact) mass is 158 g/mol. The molecule has 1 aliphatic rings. The van der Waals surface area contributed by atoms with Crippen LogP contribution >= 0.6 is 0 Å². The number of hydrogen-bond donors (Lipinski definition) is 1. The molecule has 0 aromatic heterocycles. The van der Waals surface area contributed by atoms with Crippen LogP contribution in [0.4, 0.5) is 0 Å². The van der Waals surface area contributed by atoms with Crippen LogP contribution in [0, 0.1) is 5.92 Å². The van der Waals surface area contributed by atoms with E-state index < -0.39 is 12.1 Å². The van der Waals surface area contributed by atoms with Crippen molar-refractivity contribution in [3.8, 4) is 0 Å². The van der Waals surface area contributed by atoms with Crippen LogP contribution in [0.3, 0.4) is 0 Å². The second kappa shape index (κ2) is 3.22. The highest BCUT2D eigenvalue weighted by molar-refractivity contribution is 5.71. The highest BCUT2D eigenvalue weighted by Gasteiger charge is 2.30. The van der Waals surface area contributed by atoms with E-state index in [0.717, 1.165) is 0 Å². The number of carboxylic acids is 1. The molecule has 0 aliphatic heterocycles. The van der Waals surface area contributed by atoms with Crippen molar-refractivity contribution in [1.29, 1.82) is 0 Å². The summed E-state index contributed by atoms with van der Waals surface area (Å²) in [5.74, 6) is -0.269. The summed E-state index contributed by atoms with van der Waals surface area (Å²) >= 11 is 0. The largest absolute Gasteiger partial charge is 0.479 e. The lowest BCUT2D eigenvalue weighted by Gasteiger charge is -2.14. The minimum absolute atomic E-state index is 0.112. The van der Waals surface area contributed by atoms with Gasteiger partial charge in [-0.1, -0.05) is 0 Å². The third-order valence-electron chi connectivity index (χ3n) is 2.05. The summed E-state index contributed by atoms with van der Waals surface area (Å²) in [6.07, 6.45) is 1.83. The van der Waals surface area contributed by atoms with Crippen molar-refractivity contribution in [2.45, 2.75) is 38.9 Å². The fourth-order valence-corrected chi connectivity index (χ4v) is 1.06. The molecule has 2 atom stereocenters. The highest BCUT2D eigenvalue weighted by atomic mass is 16.5. The van der Waals surface area contributed by atoms with Crippen molar-refractivity contribution < 1.29 is 14.6 Å². The van der Waals surface area contributed by atoms with Crippen LogP contribution in [-0.2, 0) is 9.53 Å². The summed E-state index contributed by atoms with van der Waals surface area (Å²) in [7, 11) is 0. The Kier molecular flexibility index (Phi) is 2.49. The number of ether oxygens (including phenoxy) is 1. The summed E-state index contributed by atoms with van der Waals surface area (Å²) in [4.78, 5) is 10.4. The van der Waals surface area contributed by atoms with Gasteiger partial charge in [-0.05, 0) is 32.6 Å². The maximum Gasteiger partial charge on any atom is 0.332 e. The number of hydrogen-bond acceptors (Lipinski definition) is 2. The van der Waals surface area contributed by atoms with Crippen LogP contribution in [0.5, 0.6) is 0 Å². The molecule has 0 saturated heterocycles. The van der Waals surface area contributed by atoms with Crippen molar-refractivity contribution in [2.24, 2.45) is 5.92 Å². The number of aliphatic carboxylic acids is 1. The molecule has 0 bridgehead atoms. The van der Waals surface area contributed by atoms with E-state index in [9.17, 15) is 4.79 Å². The molecule has 0 aromatic rings. The van der Waals surface area contributed by atoms with Crippen LogP contribution in [0.15, 0.2) is 0 Å². The molecular formula is C8H14O3. The Morgan fingerprint density at radius 2 is 2.09 bits per heavy atom. The lowest BCUT2D eigenvalue weighted by atomic mass is 10.2. The van der Waals surface area contributed by atoms with Crippen LogP contribution in [0.25, 0.3) is 0 Å². The molecule has 1 rings (SSSR count). The third-order valence-corrected chi connectivity index (χ3v) is 2.05. The first-order valence-corrected chi connectivity index (χ1v) is 3.99. The van der Waals surface area contributed by atoms with Gasteiger partial charge in [-0.25, -0.2) is 4.79 Å². The predicted octanol–water partition coefficient (Wildman–Crippen LogP) is 1.27. The topological polar surface area (TPSA) is 46.5 Å². The Morgan fingerprint density at radius 3 is 2.45 bits per heavy atom. The van der Waals surface area contributed by atoms with E-state index in [0.29, 0.717) is 5.92 Å². The molecule has 11 heavy (non-hydrogen) atoms. The summed E-state index contributed by atoms with van der Waals surface area (Å²) in [6, 6.07) is 0. The number of rotatable bonds is 4. The van der Waals surface area contributed by atoms with E-state index in [-0.39, 0.29) is 6.10 Å². The average Bonchev–Trinajstić information content (AvgIpc) is 2.67. The fourth-order valence-electron chi connectivity index (χ4n) is 1.06. The minimum atomic E-state index is -0.877. The molecule has 0 amide bonds. The molecule has 1 aliphatic carbocycles. The zero-order chi connectivity index (χ0) is 8.43. The van der Waals surface area contributed by atoms with Gasteiger partial charge < -0.3 is 9.84 Å². The Balaban J connectivity index is 2.22. The zero-order valence-electron chi connectivity index (χ0n) is 6.91. The number of carbonyl (C=O) groups is 1. The quantitative estimate of drug-likeness (QED) is 0.670. The minimum Gasteiger partial charge on any atom is -0.479 e. The van der Waals surface area contributed by atoms with Crippen LogP contribution in [0.2, 0.25) is 0 Å². The van der Waals surface area contributed by atoms with E-state index in [4.69, 9.17) is 9.84 Å². The second-order valence-corrected chi connectivity index (χ2v) is 3.16. The summed E-state index contributed by atoms with van der Waals surface area (Å²) in [6.45, 7) is 3.51. The molecule has 64 valence electrons. The van der Waals surface area contributed by atoms with Crippen molar-refractivity contribution in [1.82, 2.24) is 0 Å². The highest BCUT2D eigenvalue weighted by Crippen LogP contribution is 2.34. The maximum atomic E-state index is 10.4. The fraction of sp³-hybridized carbons (Fsp3) is 0.875. The predicted molar refractivity (Wildman–Crippen MR) is 40.4 cm³/mol. The van der Waals surface area contributed by atoms with Gasteiger partial charge in [0.15, 0.2) is 6.10 Å². The zero-order valence-corrected chi connectivity index (χ0v) is 6.91. The molecule has 3 heteroatoms. The van der Waals surface area contributed by atoms with E-state index in [1.54, 1.807) is 6.92 Å². The molecule has 1 saturated carbocycles. The molecule has 0 spiro atoms. The second-order valence-electron chi connectivity index (χ2n) is 3.16. The lowest BCUT2D eigenvalue weighted by molar-refractivity contribution is -0.152. The van der Waals surface area contributed by atoms with Gasteiger partial charge >= 0.3 is 5.97 Å². The van der Waals surface area contributed by atoms with E-state index in [1.165, 1.54) is 12.8 Å². The molecule has 0 heterocycles. The van der Waals surface area contributed by atoms with Gasteiger partial charge in [-0.15, -0.1) is 0 Å². The normalized spacial score (nSPS) is 22.7. The molecule has 0 radical (unpaired) electrons. The van der Waals surface area contributed by atoms with E-state index in [1.807, 2.05) is 6.92 Å². The Morgan fingerprint density at radius 1 is 1.55 bits per heavy atom. The SMILES string of the molecule is CC(OC(C)C1CC1)C(=O)O. The summed E-state index contributed by atoms with van der Waals surface area (Å²) in [5, 5.41) is 8.51. The Labute approximate surface area is 66.4 Å². The lowest BCUT2D eigenvalue weighted by Crippen LogP contribution is -2.25. The van der Waals surface area contributed by atoms with Gasteiger partial charge in [0.2, 0.25) is 0 Å². The Hall–Kier alpha value is -0.570. The van der Waals surface area contributed by atoms with Gasteiger partial charge in [-0.2, -0.15) is 0 Å². The third kappa shape index (κ3) is 2.50. The smallest absolute Gasteiger partial charge is 0.332 e. The first-order chi connectivity index (χ1) is 5.11. The van der Waals surface area contributed by atoms with Crippen LogP contribution in [0.1, 0.15) is 26.7 Å². The maximum absolute atomic E-state index is 10.4. The van der Waals surface area contributed by atoms with Gasteiger partial charge in [0.25, 0.3) is 0 Å². The molecular weight excluding hydrogens is 144 g/mol. The first kappa shape index (κ1) is 8.53. The van der Waals surface area contributed by atoms with Gasteiger partial charge in [-0.3, -0.25) is 0 Å². The van der Waals surface area contributed by atoms with Gasteiger partial charge in [0, 0.05) is 0 Å². The van der Waals surface area contributed by atoms with Crippen molar-refractivity contribution >= 4 is 5.97 Å². The molecule has 1 N–H and O–H groups in total. The van der Waals surface area contributed by atoms with E-state index >= 15 is 0 Å². The first-order valence-electron chi connectivity index (χ1n) is 3.99. The average molecular weight is 158 g/mol. The van der Waals surface area contributed by atoms with Crippen molar-refractivity contribution in [3.05, 3.63) is 0 Å². The van der Waals surface area contributed by atoms with Gasteiger partial charge in [0.05, 0.1) is 6.10 Å². The Bertz CT molecular complexity index is 151. The van der Waals surface area contributed by atoms with Crippen molar-refractivity contribution in [3.63, 3.8) is 0 Å². The summed E-state index contributed by atoms with van der Waals surface area (Å²) < 4.78 is 5.24. The van der Waals surface area contributed by atoms with Gasteiger partial charge in [0.1, 0.15) is 0 Å². The molecule has 1 fully saturated rings. The molecule has 0 aromatic carbocycles. The standard InChI is InChI=1S/C8H14O3/c1-5(7-3-4-7)11-6(2)8(9)10/h5-7H,3-4H2,1-2H3,(H,9,10). The molecule has 2 unspecified atom stereocenters. The van der Waals surface area contributed by atoms with Crippen LogP contribution < -0.4 is 0 Å². The molecule has 3 nitrogen and oxygen atoms in total. The van der Waals surface area contributed by atoms with Crippen molar-refractivity contribution in [2.75, 3.05) is 0 Å². The van der Waals surface area contributed by atoms with Crippen LogP contribution in [-0.4, -0.2) is 23.3 Å². The van der Waals surface area contributed by atoms with E-state index in [2.05, 4.69) is 0 Å². The number of carboxylic acid groups (broad SMARTS) is 1.